The molecule has 0 aromatic heterocycles. The highest BCUT2D eigenvalue weighted by Crippen LogP contribution is 2.31. The van der Waals surface area contributed by atoms with Crippen LogP contribution in [0, 0.1) is 5.82 Å². The zero-order valence-electron chi connectivity index (χ0n) is 9.25. The van der Waals surface area contributed by atoms with Gasteiger partial charge in [0.15, 0.2) is 0 Å². The summed E-state index contributed by atoms with van der Waals surface area (Å²) in [5.74, 6) is 2.18. The monoisotopic (exact) mass is 303 g/mol. The standard InChI is InChI=1S/C12H15BrFNS/c1-15(10-5-6-16-8-10)12-9(7-13)3-2-4-11(12)14/h2-4,10H,5-8H2,1H3. The number of thioether (sulfide) groups is 1. The van der Waals surface area contributed by atoms with Gasteiger partial charge in [-0.3, -0.25) is 0 Å². The van der Waals surface area contributed by atoms with E-state index >= 15 is 0 Å². The summed E-state index contributed by atoms with van der Waals surface area (Å²) in [5, 5.41) is 0.699. The maximum Gasteiger partial charge on any atom is 0.146 e. The van der Waals surface area contributed by atoms with E-state index in [0.717, 1.165) is 23.4 Å². The van der Waals surface area contributed by atoms with E-state index in [9.17, 15) is 4.39 Å². The molecule has 0 bridgehead atoms. The number of benzene rings is 1. The fourth-order valence-corrected chi connectivity index (χ4v) is 3.79. The van der Waals surface area contributed by atoms with Gasteiger partial charge in [0.05, 0.1) is 5.69 Å². The Labute approximate surface area is 109 Å². The Balaban J connectivity index is 2.30. The summed E-state index contributed by atoms with van der Waals surface area (Å²) in [4.78, 5) is 2.10. The van der Waals surface area contributed by atoms with Crippen molar-refractivity contribution in [2.24, 2.45) is 0 Å². The van der Waals surface area contributed by atoms with Gasteiger partial charge in [-0.05, 0) is 23.8 Å². The molecule has 0 N–H and O–H groups in total. The molecule has 0 saturated carbocycles. The molecule has 0 amide bonds. The molecule has 1 aliphatic heterocycles. The first-order valence-corrected chi connectivity index (χ1v) is 7.65. The molecule has 16 heavy (non-hydrogen) atoms. The molecule has 1 aromatic rings. The minimum Gasteiger partial charge on any atom is -0.368 e. The highest BCUT2D eigenvalue weighted by Gasteiger charge is 2.23. The summed E-state index contributed by atoms with van der Waals surface area (Å²) in [7, 11) is 2.00. The van der Waals surface area contributed by atoms with Crippen LogP contribution in [0.2, 0.25) is 0 Å². The predicted molar refractivity (Wildman–Crippen MR) is 73.2 cm³/mol. The van der Waals surface area contributed by atoms with Crippen molar-refractivity contribution >= 4 is 33.4 Å². The summed E-state index contributed by atoms with van der Waals surface area (Å²) in [6.45, 7) is 0. The van der Waals surface area contributed by atoms with E-state index in [0.29, 0.717) is 11.4 Å². The number of hydrogen-bond acceptors (Lipinski definition) is 2. The van der Waals surface area contributed by atoms with Crippen molar-refractivity contribution in [3.8, 4) is 0 Å². The van der Waals surface area contributed by atoms with Crippen LogP contribution in [0.5, 0.6) is 0 Å². The Bertz CT molecular complexity index is 366. The van der Waals surface area contributed by atoms with Crippen LogP contribution in [-0.2, 0) is 5.33 Å². The molecule has 1 atom stereocenters. The third-order valence-electron chi connectivity index (χ3n) is 3.02. The van der Waals surface area contributed by atoms with Crippen molar-refractivity contribution in [2.75, 3.05) is 23.5 Å². The molecule has 0 spiro atoms. The second-order valence-electron chi connectivity index (χ2n) is 4.01. The van der Waals surface area contributed by atoms with Gasteiger partial charge in [0, 0.05) is 24.2 Å². The van der Waals surface area contributed by atoms with E-state index in [1.165, 1.54) is 5.75 Å². The maximum absolute atomic E-state index is 13.9. The molecule has 1 fully saturated rings. The maximum atomic E-state index is 13.9. The second-order valence-corrected chi connectivity index (χ2v) is 5.72. The van der Waals surface area contributed by atoms with Gasteiger partial charge in [0.1, 0.15) is 5.82 Å². The second kappa shape index (κ2) is 5.41. The molecule has 0 aliphatic carbocycles. The molecule has 0 radical (unpaired) electrons. The van der Waals surface area contributed by atoms with E-state index in [4.69, 9.17) is 0 Å². The smallest absolute Gasteiger partial charge is 0.146 e. The van der Waals surface area contributed by atoms with Gasteiger partial charge in [-0.15, -0.1) is 0 Å². The highest BCUT2D eigenvalue weighted by atomic mass is 79.9. The molecule has 1 aliphatic rings. The fraction of sp³-hybridized carbons (Fsp3) is 0.500. The minimum absolute atomic E-state index is 0.114. The average Bonchev–Trinajstić information content (AvgIpc) is 2.81. The number of alkyl halides is 1. The Morgan fingerprint density at radius 3 is 3.00 bits per heavy atom. The lowest BCUT2D eigenvalue weighted by molar-refractivity contribution is 0.605. The lowest BCUT2D eigenvalue weighted by Crippen LogP contribution is -2.32. The molecule has 1 aromatic carbocycles. The van der Waals surface area contributed by atoms with Crippen LogP contribution in [0.4, 0.5) is 10.1 Å². The van der Waals surface area contributed by atoms with E-state index in [-0.39, 0.29) is 5.82 Å². The molecular formula is C12H15BrFNS. The summed E-state index contributed by atoms with van der Waals surface area (Å²) < 4.78 is 13.9. The molecule has 1 unspecified atom stereocenters. The topological polar surface area (TPSA) is 3.24 Å². The quantitative estimate of drug-likeness (QED) is 0.784. The first-order valence-electron chi connectivity index (χ1n) is 5.38. The molecule has 4 heteroatoms. The summed E-state index contributed by atoms with van der Waals surface area (Å²) >= 11 is 5.37. The number of hydrogen-bond donors (Lipinski definition) is 0. The molecule has 1 saturated heterocycles. The Morgan fingerprint density at radius 2 is 2.38 bits per heavy atom. The van der Waals surface area contributed by atoms with E-state index in [1.54, 1.807) is 12.1 Å². The van der Waals surface area contributed by atoms with Gasteiger partial charge < -0.3 is 4.90 Å². The lowest BCUT2D eigenvalue weighted by Gasteiger charge is -2.28. The van der Waals surface area contributed by atoms with Crippen molar-refractivity contribution in [1.82, 2.24) is 0 Å². The number of anilines is 1. The number of rotatable bonds is 3. The van der Waals surface area contributed by atoms with Gasteiger partial charge in [-0.2, -0.15) is 11.8 Å². The third-order valence-corrected chi connectivity index (χ3v) is 4.77. The number of para-hydroxylation sites is 1. The van der Waals surface area contributed by atoms with Crippen molar-refractivity contribution in [3.63, 3.8) is 0 Å². The summed E-state index contributed by atoms with van der Waals surface area (Å²) in [6, 6.07) is 5.76. The van der Waals surface area contributed by atoms with Gasteiger partial charge >= 0.3 is 0 Å². The zero-order valence-corrected chi connectivity index (χ0v) is 11.7. The van der Waals surface area contributed by atoms with Gasteiger partial charge in [0.25, 0.3) is 0 Å². The molecule has 2 rings (SSSR count). The van der Waals surface area contributed by atoms with Crippen molar-refractivity contribution in [1.29, 1.82) is 0 Å². The molecule has 88 valence electrons. The molecular weight excluding hydrogens is 289 g/mol. The van der Waals surface area contributed by atoms with E-state index in [1.807, 2.05) is 24.9 Å². The van der Waals surface area contributed by atoms with Crippen LogP contribution < -0.4 is 4.90 Å². The Hall–Kier alpha value is -0.220. The zero-order chi connectivity index (χ0) is 11.5. The van der Waals surface area contributed by atoms with Crippen molar-refractivity contribution < 1.29 is 4.39 Å². The van der Waals surface area contributed by atoms with Crippen LogP contribution >= 0.6 is 27.7 Å². The molecule has 1 heterocycles. The van der Waals surface area contributed by atoms with E-state index in [2.05, 4.69) is 20.8 Å². The van der Waals surface area contributed by atoms with Gasteiger partial charge in [-0.1, -0.05) is 28.1 Å². The predicted octanol–water partition coefficient (Wildman–Crippen LogP) is 3.66. The van der Waals surface area contributed by atoms with Crippen LogP contribution in [0.25, 0.3) is 0 Å². The fourth-order valence-electron chi connectivity index (χ4n) is 2.07. The Morgan fingerprint density at radius 1 is 1.56 bits per heavy atom. The SMILES string of the molecule is CN(c1c(F)cccc1CBr)C1CCSC1. The number of halogens is 2. The highest BCUT2D eigenvalue weighted by molar-refractivity contribution is 9.08. The third kappa shape index (κ3) is 2.38. The summed E-state index contributed by atoms with van der Waals surface area (Å²) in [5.41, 5.74) is 1.78. The average molecular weight is 304 g/mol. The van der Waals surface area contributed by atoms with Gasteiger partial charge in [0.2, 0.25) is 0 Å². The van der Waals surface area contributed by atoms with Crippen LogP contribution in [0.1, 0.15) is 12.0 Å². The lowest BCUT2D eigenvalue weighted by atomic mass is 10.1. The van der Waals surface area contributed by atoms with Crippen LogP contribution in [0.15, 0.2) is 18.2 Å². The Kier molecular flexibility index (Phi) is 4.14. The van der Waals surface area contributed by atoms with Crippen molar-refractivity contribution in [2.45, 2.75) is 17.8 Å². The first-order chi connectivity index (χ1) is 7.74. The van der Waals surface area contributed by atoms with E-state index < -0.39 is 0 Å². The molecule has 1 nitrogen and oxygen atoms in total. The van der Waals surface area contributed by atoms with Crippen molar-refractivity contribution in [3.05, 3.63) is 29.6 Å². The minimum atomic E-state index is -0.114. The largest absolute Gasteiger partial charge is 0.368 e. The first kappa shape index (κ1) is 12.2. The number of nitrogens with zero attached hydrogens (tertiary/aromatic N) is 1. The van der Waals surface area contributed by atoms with Crippen LogP contribution in [0.3, 0.4) is 0 Å². The normalized spacial score (nSPS) is 20.1. The van der Waals surface area contributed by atoms with Crippen LogP contribution in [-0.4, -0.2) is 24.6 Å². The van der Waals surface area contributed by atoms with Gasteiger partial charge in [-0.25, -0.2) is 4.39 Å². The summed E-state index contributed by atoms with van der Waals surface area (Å²) in [6.07, 6.45) is 1.15.